The SMILES string of the molecule is CCCc1ncc(-c2ccc(-c3ccc(-c4cnc(C(NC(=O)C(C)NC(=O)OC)C(C)C)[nH]4)cc3)cc2)[nH]1. The lowest BCUT2D eigenvalue weighted by molar-refractivity contribution is -0.123. The zero-order valence-electron chi connectivity index (χ0n) is 23.0. The van der Waals surface area contributed by atoms with Gasteiger partial charge in [-0.15, -0.1) is 0 Å². The van der Waals surface area contributed by atoms with Crippen LogP contribution in [0.15, 0.2) is 60.9 Å². The van der Waals surface area contributed by atoms with Crippen LogP contribution in [-0.2, 0) is 16.0 Å². The number of hydrogen-bond acceptors (Lipinski definition) is 5. The van der Waals surface area contributed by atoms with Crippen LogP contribution >= 0.6 is 0 Å². The Labute approximate surface area is 228 Å². The van der Waals surface area contributed by atoms with Gasteiger partial charge in [0.05, 0.1) is 36.9 Å². The Bertz CT molecular complexity index is 1390. The number of benzene rings is 2. The van der Waals surface area contributed by atoms with Crippen LogP contribution in [0.3, 0.4) is 0 Å². The van der Waals surface area contributed by atoms with Gasteiger partial charge in [-0.1, -0.05) is 69.3 Å². The number of carbonyl (C=O) groups excluding carboxylic acids is 2. The molecule has 0 aliphatic carbocycles. The molecule has 4 N–H and O–H groups in total. The average Bonchev–Trinajstić information content (AvgIpc) is 3.62. The van der Waals surface area contributed by atoms with Gasteiger partial charge in [-0.25, -0.2) is 14.8 Å². The molecule has 2 aromatic carbocycles. The monoisotopic (exact) mass is 528 g/mol. The van der Waals surface area contributed by atoms with Crippen molar-refractivity contribution >= 4 is 12.0 Å². The van der Waals surface area contributed by atoms with E-state index in [0.29, 0.717) is 5.82 Å². The molecule has 9 nitrogen and oxygen atoms in total. The van der Waals surface area contributed by atoms with Crippen molar-refractivity contribution in [3.8, 4) is 33.6 Å². The van der Waals surface area contributed by atoms with Gasteiger partial charge in [-0.3, -0.25) is 4.79 Å². The molecule has 0 bridgehead atoms. The van der Waals surface area contributed by atoms with Gasteiger partial charge in [0.25, 0.3) is 0 Å². The zero-order valence-corrected chi connectivity index (χ0v) is 23.0. The molecule has 0 saturated heterocycles. The third-order valence-corrected chi connectivity index (χ3v) is 6.61. The summed E-state index contributed by atoms with van der Waals surface area (Å²) in [5, 5.41) is 5.46. The number of methoxy groups -OCH3 is 1. The summed E-state index contributed by atoms with van der Waals surface area (Å²) < 4.78 is 4.58. The second-order valence-electron chi connectivity index (χ2n) is 9.92. The largest absolute Gasteiger partial charge is 0.453 e. The summed E-state index contributed by atoms with van der Waals surface area (Å²) in [6.45, 7) is 7.75. The molecule has 2 unspecified atom stereocenters. The fraction of sp³-hybridized carbons (Fsp3) is 0.333. The first kappa shape index (κ1) is 27.6. The molecule has 204 valence electrons. The van der Waals surface area contributed by atoms with E-state index in [9.17, 15) is 9.59 Å². The normalized spacial score (nSPS) is 12.7. The Morgan fingerprint density at radius 1 is 0.821 bits per heavy atom. The number of H-pyrrole nitrogens is 2. The van der Waals surface area contributed by atoms with Crippen LogP contribution in [0.4, 0.5) is 4.79 Å². The number of ether oxygens (including phenoxy) is 1. The first-order valence-corrected chi connectivity index (χ1v) is 13.2. The van der Waals surface area contributed by atoms with Crippen LogP contribution in [0.25, 0.3) is 33.6 Å². The van der Waals surface area contributed by atoms with Gasteiger partial charge in [0, 0.05) is 6.42 Å². The summed E-state index contributed by atoms with van der Waals surface area (Å²) in [6.07, 6.45) is 5.02. The molecule has 2 aromatic heterocycles. The average molecular weight is 529 g/mol. The van der Waals surface area contributed by atoms with E-state index in [2.05, 4.69) is 90.8 Å². The van der Waals surface area contributed by atoms with Crippen molar-refractivity contribution in [3.63, 3.8) is 0 Å². The highest BCUT2D eigenvalue weighted by molar-refractivity contribution is 5.85. The molecule has 0 saturated carbocycles. The minimum Gasteiger partial charge on any atom is -0.453 e. The summed E-state index contributed by atoms with van der Waals surface area (Å²) >= 11 is 0. The highest BCUT2D eigenvalue weighted by Gasteiger charge is 2.25. The van der Waals surface area contributed by atoms with Gasteiger partial charge in [-0.05, 0) is 41.5 Å². The second kappa shape index (κ2) is 12.4. The lowest BCUT2D eigenvalue weighted by atomic mass is 10.0. The predicted octanol–water partition coefficient (Wildman–Crippen LogP) is 5.64. The number of nitrogens with zero attached hydrogens (tertiary/aromatic N) is 2. The molecule has 4 aromatic rings. The van der Waals surface area contributed by atoms with Gasteiger partial charge in [-0.2, -0.15) is 0 Å². The van der Waals surface area contributed by atoms with Crippen LogP contribution in [0.5, 0.6) is 0 Å². The lowest BCUT2D eigenvalue weighted by Crippen LogP contribution is -2.46. The summed E-state index contributed by atoms with van der Waals surface area (Å²) in [5.74, 6) is 1.42. The van der Waals surface area contributed by atoms with Gasteiger partial charge in [0.1, 0.15) is 17.7 Å². The Morgan fingerprint density at radius 3 is 1.90 bits per heavy atom. The predicted molar refractivity (Wildman–Crippen MR) is 152 cm³/mol. The van der Waals surface area contributed by atoms with Crippen molar-refractivity contribution in [2.45, 2.75) is 52.6 Å². The van der Waals surface area contributed by atoms with Crippen molar-refractivity contribution in [1.82, 2.24) is 30.6 Å². The van der Waals surface area contributed by atoms with Crippen molar-refractivity contribution in [2.75, 3.05) is 7.11 Å². The molecule has 2 heterocycles. The number of imidazole rings is 2. The van der Waals surface area contributed by atoms with Gasteiger partial charge in [0.15, 0.2) is 0 Å². The first-order chi connectivity index (χ1) is 18.8. The Hall–Kier alpha value is -4.40. The number of aromatic amines is 2. The standard InChI is InChI=1S/C30H36N6O3/c1-6-7-26-31-16-24(34-26)22-12-8-20(9-13-22)21-10-14-23(15-11-21)25-17-32-28(35-25)27(18(2)3)36-29(37)19(4)33-30(38)39-5/h8-19,27H,6-7H2,1-5H3,(H,31,34)(H,32,35)(H,33,38)(H,36,37). The van der Waals surface area contributed by atoms with E-state index in [1.54, 1.807) is 13.1 Å². The topological polar surface area (TPSA) is 125 Å². The van der Waals surface area contributed by atoms with Crippen molar-refractivity contribution in [1.29, 1.82) is 0 Å². The summed E-state index contributed by atoms with van der Waals surface area (Å²) in [6, 6.07) is 15.6. The molecule has 39 heavy (non-hydrogen) atoms. The number of amides is 2. The Morgan fingerprint density at radius 2 is 1.36 bits per heavy atom. The van der Waals surface area contributed by atoms with E-state index < -0.39 is 12.1 Å². The van der Waals surface area contributed by atoms with E-state index >= 15 is 0 Å². The van der Waals surface area contributed by atoms with E-state index in [-0.39, 0.29) is 17.9 Å². The Kier molecular flexibility index (Phi) is 8.81. The van der Waals surface area contributed by atoms with E-state index in [1.807, 2.05) is 20.0 Å². The minimum absolute atomic E-state index is 0.0728. The number of aromatic nitrogens is 4. The molecule has 2 atom stereocenters. The van der Waals surface area contributed by atoms with E-state index in [0.717, 1.165) is 52.3 Å². The molecule has 2 amide bonds. The van der Waals surface area contributed by atoms with Gasteiger partial charge in [0.2, 0.25) is 5.91 Å². The highest BCUT2D eigenvalue weighted by Crippen LogP contribution is 2.28. The molecular weight excluding hydrogens is 492 g/mol. The van der Waals surface area contributed by atoms with Crippen LogP contribution in [-0.4, -0.2) is 45.1 Å². The quantitative estimate of drug-likeness (QED) is 0.212. The summed E-state index contributed by atoms with van der Waals surface area (Å²) in [7, 11) is 1.26. The Balaban J connectivity index is 1.44. The third kappa shape index (κ3) is 6.73. The smallest absolute Gasteiger partial charge is 0.407 e. The maximum absolute atomic E-state index is 12.6. The molecule has 0 aliphatic rings. The minimum atomic E-state index is -0.743. The van der Waals surface area contributed by atoms with E-state index in [1.165, 1.54) is 7.11 Å². The molecule has 0 spiro atoms. The van der Waals surface area contributed by atoms with Crippen molar-refractivity contribution in [3.05, 3.63) is 72.6 Å². The molecule has 0 fully saturated rings. The maximum Gasteiger partial charge on any atom is 0.407 e. The summed E-state index contributed by atoms with van der Waals surface area (Å²) in [4.78, 5) is 39.8. The van der Waals surface area contributed by atoms with Crippen molar-refractivity contribution in [2.24, 2.45) is 5.92 Å². The molecular formula is C30H36N6O3. The number of nitrogens with one attached hydrogen (secondary N) is 4. The number of hydrogen-bond donors (Lipinski definition) is 4. The first-order valence-electron chi connectivity index (χ1n) is 13.2. The third-order valence-electron chi connectivity index (χ3n) is 6.61. The van der Waals surface area contributed by atoms with Crippen LogP contribution in [0, 0.1) is 5.92 Å². The molecule has 9 heteroatoms. The van der Waals surface area contributed by atoms with Gasteiger partial charge < -0.3 is 25.3 Å². The van der Waals surface area contributed by atoms with Crippen molar-refractivity contribution < 1.29 is 14.3 Å². The highest BCUT2D eigenvalue weighted by atomic mass is 16.5. The number of carbonyl (C=O) groups is 2. The lowest BCUT2D eigenvalue weighted by Gasteiger charge is -2.22. The molecule has 4 rings (SSSR count). The molecule has 0 radical (unpaired) electrons. The maximum atomic E-state index is 12.6. The summed E-state index contributed by atoms with van der Waals surface area (Å²) in [5.41, 5.74) is 6.22. The fourth-order valence-electron chi connectivity index (χ4n) is 4.33. The fourth-order valence-corrected chi connectivity index (χ4v) is 4.33. The van der Waals surface area contributed by atoms with Gasteiger partial charge >= 0.3 is 6.09 Å². The number of aryl methyl sites for hydroxylation is 1. The zero-order chi connectivity index (χ0) is 27.9. The molecule has 0 aliphatic heterocycles. The number of alkyl carbamates (subject to hydrolysis) is 1. The number of rotatable bonds is 10. The van der Waals surface area contributed by atoms with Crippen LogP contribution < -0.4 is 10.6 Å². The second-order valence-corrected chi connectivity index (χ2v) is 9.92. The van der Waals surface area contributed by atoms with Crippen LogP contribution in [0.1, 0.15) is 51.8 Å². The van der Waals surface area contributed by atoms with E-state index in [4.69, 9.17) is 0 Å². The van der Waals surface area contributed by atoms with Crippen LogP contribution in [0.2, 0.25) is 0 Å².